The van der Waals surface area contributed by atoms with Crippen molar-refractivity contribution in [2.24, 2.45) is 0 Å². The van der Waals surface area contributed by atoms with Crippen molar-refractivity contribution in [2.45, 2.75) is 82.9 Å². The summed E-state index contributed by atoms with van der Waals surface area (Å²) in [5.74, 6) is 0.771. The summed E-state index contributed by atoms with van der Waals surface area (Å²) < 4.78 is 11.7. The van der Waals surface area contributed by atoms with Gasteiger partial charge in [0.2, 0.25) is 5.91 Å². The number of nitrogens with zero attached hydrogens (tertiary/aromatic N) is 1. The largest absolute Gasteiger partial charge is 0.376 e. The van der Waals surface area contributed by atoms with Gasteiger partial charge in [-0.05, 0) is 62.0 Å². The first-order chi connectivity index (χ1) is 14.1. The first-order valence-corrected chi connectivity index (χ1v) is 12.2. The predicted molar refractivity (Wildman–Crippen MR) is 119 cm³/mol. The van der Waals surface area contributed by atoms with Gasteiger partial charge in [0.15, 0.2) is 0 Å². The standard InChI is InChI=1S/C23H36N2O3S/c1-4-18-8-5-6-9-21(18)19-11-13-20(14-12-19)27-16-23-22(24-28-29-3)10-7-15-25(23)17(2)26/h5-6,8-9,19-20,22-24H,4,7,10-16H2,1-3H3/t19?,20?,22-,23-/m0/s1. The highest BCUT2D eigenvalue weighted by Crippen LogP contribution is 2.36. The van der Waals surface area contributed by atoms with Crippen LogP contribution in [0.15, 0.2) is 24.3 Å². The number of piperidine rings is 1. The maximum absolute atomic E-state index is 12.1. The van der Waals surface area contributed by atoms with Crippen LogP contribution in [0.5, 0.6) is 0 Å². The van der Waals surface area contributed by atoms with Gasteiger partial charge >= 0.3 is 0 Å². The molecule has 2 fully saturated rings. The van der Waals surface area contributed by atoms with E-state index in [4.69, 9.17) is 9.02 Å². The molecule has 1 amide bonds. The predicted octanol–water partition coefficient (Wildman–Crippen LogP) is 4.47. The number of carbonyl (C=O) groups is 1. The third-order valence-corrected chi connectivity index (χ3v) is 6.78. The number of carbonyl (C=O) groups excluding carboxylic acids is 1. The summed E-state index contributed by atoms with van der Waals surface area (Å²) in [6.07, 6.45) is 9.81. The molecular formula is C23H36N2O3S. The van der Waals surface area contributed by atoms with E-state index in [1.165, 1.54) is 36.0 Å². The molecule has 0 aromatic heterocycles. The lowest BCUT2D eigenvalue weighted by molar-refractivity contribution is -0.137. The number of hydroxylamine groups is 1. The molecule has 2 atom stereocenters. The molecule has 5 nitrogen and oxygen atoms in total. The summed E-state index contributed by atoms with van der Waals surface area (Å²) in [6, 6.07) is 9.04. The van der Waals surface area contributed by atoms with E-state index >= 15 is 0 Å². The van der Waals surface area contributed by atoms with Crippen molar-refractivity contribution in [3.05, 3.63) is 35.4 Å². The molecule has 1 aliphatic carbocycles. The fraction of sp³-hybridized carbons (Fsp3) is 0.696. The maximum Gasteiger partial charge on any atom is 0.219 e. The lowest BCUT2D eigenvalue weighted by atomic mass is 9.80. The average molecular weight is 421 g/mol. The lowest BCUT2D eigenvalue weighted by Crippen LogP contribution is -2.57. The van der Waals surface area contributed by atoms with Crippen LogP contribution < -0.4 is 5.48 Å². The fourth-order valence-corrected chi connectivity index (χ4v) is 5.15. The number of benzene rings is 1. The minimum absolute atomic E-state index is 0.0342. The smallest absolute Gasteiger partial charge is 0.219 e. The second kappa shape index (κ2) is 11.3. The Morgan fingerprint density at radius 1 is 1.21 bits per heavy atom. The molecular weight excluding hydrogens is 384 g/mol. The van der Waals surface area contributed by atoms with E-state index in [0.29, 0.717) is 12.5 Å². The molecule has 1 aliphatic heterocycles. The van der Waals surface area contributed by atoms with Gasteiger partial charge in [0.05, 0.1) is 24.8 Å². The number of amides is 1. The Balaban J connectivity index is 1.54. The summed E-state index contributed by atoms with van der Waals surface area (Å²) in [5, 5.41) is 0. The van der Waals surface area contributed by atoms with Crippen molar-refractivity contribution in [2.75, 3.05) is 19.4 Å². The van der Waals surface area contributed by atoms with Crippen LogP contribution in [0.2, 0.25) is 0 Å². The van der Waals surface area contributed by atoms with Gasteiger partial charge < -0.3 is 9.64 Å². The number of rotatable bonds is 8. The van der Waals surface area contributed by atoms with Crippen molar-refractivity contribution < 1.29 is 13.8 Å². The summed E-state index contributed by atoms with van der Waals surface area (Å²) in [7, 11) is 0. The van der Waals surface area contributed by atoms with Crippen LogP contribution in [0.3, 0.4) is 0 Å². The van der Waals surface area contributed by atoms with Crippen LogP contribution in [0.4, 0.5) is 0 Å². The molecule has 6 heteroatoms. The molecule has 1 saturated heterocycles. The lowest BCUT2D eigenvalue weighted by Gasteiger charge is -2.41. The maximum atomic E-state index is 12.1. The van der Waals surface area contributed by atoms with Crippen LogP contribution in [-0.4, -0.2) is 48.4 Å². The number of hydrogen-bond donors (Lipinski definition) is 1. The van der Waals surface area contributed by atoms with Crippen molar-refractivity contribution in [1.29, 1.82) is 0 Å². The van der Waals surface area contributed by atoms with Crippen molar-refractivity contribution in [1.82, 2.24) is 10.4 Å². The van der Waals surface area contributed by atoms with E-state index in [0.717, 1.165) is 38.6 Å². The monoisotopic (exact) mass is 420 g/mol. The van der Waals surface area contributed by atoms with Gasteiger partial charge in [0.1, 0.15) is 0 Å². The zero-order valence-electron chi connectivity index (χ0n) is 18.1. The fourth-order valence-electron chi connectivity index (χ4n) is 4.93. The second-order valence-electron chi connectivity index (χ2n) is 8.26. The molecule has 162 valence electrons. The van der Waals surface area contributed by atoms with Gasteiger partial charge in [0.25, 0.3) is 0 Å². The normalized spacial score (nSPS) is 27.8. The van der Waals surface area contributed by atoms with Crippen LogP contribution in [0, 0.1) is 0 Å². The van der Waals surface area contributed by atoms with Crippen molar-refractivity contribution in [3.8, 4) is 0 Å². The molecule has 29 heavy (non-hydrogen) atoms. The van der Waals surface area contributed by atoms with Crippen LogP contribution >= 0.6 is 12.0 Å². The van der Waals surface area contributed by atoms with E-state index in [1.54, 1.807) is 6.92 Å². The highest BCUT2D eigenvalue weighted by atomic mass is 32.2. The van der Waals surface area contributed by atoms with Crippen LogP contribution in [0.25, 0.3) is 0 Å². The minimum Gasteiger partial charge on any atom is -0.376 e. The first-order valence-electron chi connectivity index (χ1n) is 11.1. The second-order valence-corrected chi connectivity index (χ2v) is 8.76. The Bertz CT molecular complexity index is 649. The van der Waals surface area contributed by atoms with Crippen molar-refractivity contribution >= 4 is 17.9 Å². The Morgan fingerprint density at radius 2 is 1.97 bits per heavy atom. The van der Waals surface area contributed by atoms with Crippen molar-refractivity contribution in [3.63, 3.8) is 0 Å². The molecule has 1 aromatic carbocycles. The third-order valence-electron chi connectivity index (χ3n) is 6.52. The average Bonchev–Trinajstić information content (AvgIpc) is 2.76. The van der Waals surface area contributed by atoms with Crippen LogP contribution in [-0.2, 0) is 20.2 Å². The highest BCUT2D eigenvalue weighted by molar-refractivity contribution is 7.93. The van der Waals surface area contributed by atoms with Gasteiger partial charge in [-0.15, -0.1) is 0 Å². The number of hydrogen-bond acceptors (Lipinski definition) is 5. The Labute approximate surface area is 180 Å². The Kier molecular flexibility index (Phi) is 8.85. The van der Waals surface area contributed by atoms with Crippen LogP contribution in [0.1, 0.15) is 69.4 Å². The molecule has 0 unspecified atom stereocenters. The van der Waals surface area contributed by atoms with Gasteiger partial charge in [-0.1, -0.05) is 31.2 Å². The van der Waals surface area contributed by atoms with E-state index in [-0.39, 0.29) is 24.1 Å². The molecule has 2 aliphatic rings. The molecule has 1 aromatic rings. The topological polar surface area (TPSA) is 50.8 Å². The number of ether oxygens (including phenoxy) is 1. The van der Waals surface area contributed by atoms with E-state index in [1.807, 2.05) is 11.2 Å². The number of aryl methyl sites for hydroxylation is 1. The van der Waals surface area contributed by atoms with Gasteiger partial charge in [-0.3, -0.25) is 4.79 Å². The highest BCUT2D eigenvalue weighted by Gasteiger charge is 2.34. The van der Waals surface area contributed by atoms with E-state index in [2.05, 4.69) is 36.7 Å². The Hall–Kier alpha value is -1.08. The molecule has 0 radical (unpaired) electrons. The molecule has 3 rings (SSSR count). The quantitative estimate of drug-likeness (QED) is 0.497. The van der Waals surface area contributed by atoms with Gasteiger partial charge in [-0.2, -0.15) is 5.48 Å². The summed E-state index contributed by atoms with van der Waals surface area (Å²) in [4.78, 5) is 14.1. The molecule has 1 N–H and O–H groups in total. The molecule has 1 saturated carbocycles. The van der Waals surface area contributed by atoms with E-state index < -0.39 is 0 Å². The number of likely N-dealkylation sites (tertiary alicyclic amines) is 1. The number of nitrogens with one attached hydrogen (secondary N) is 1. The Morgan fingerprint density at radius 3 is 2.66 bits per heavy atom. The molecule has 1 heterocycles. The van der Waals surface area contributed by atoms with Gasteiger partial charge in [0, 0.05) is 31.8 Å². The summed E-state index contributed by atoms with van der Waals surface area (Å²) in [6.45, 7) is 5.28. The van der Waals surface area contributed by atoms with E-state index in [9.17, 15) is 4.79 Å². The minimum atomic E-state index is 0.0342. The summed E-state index contributed by atoms with van der Waals surface area (Å²) >= 11 is 1.30. The zero-order valence-corrected chi connectivity index (χ0v) is 18.9. The zero-order chi connectivity index (χ0) is 20.6. The first kappa shape index (κ1) is 22.6. The van der Waals surface area contributed by atoms with Gasteiger partial charge in [-0.25, -0.2) is 4.28 Å². The molecule has 0 spiro atoms. The SMILES string of the molecule is CCc1ccccc1C1CCC(OC[C@H]2[C@@H](NOSC)CCCN2C(C)=O)CC1. The summed E-state index contributed by atoms with van der Waals surface area (Å²) in [5.41, 5.74) is 6.14. The molecule has 0 bridgehead atoms. The third kappa shape index (κ3) is 5.97.